The van der Waals surface area contributed by atoms with Gasteiger partial charge in [0.15, 0.2) is 0 Å². The first-order chi connectivity index (χ1) is 9.24. The van der Waals surface area contributed by atoms with Crippen molar-refractivity contribution >= 4 is 0 Å². The van der Waals surface area contributed by atoms with Crippen LogP contribution in [0, 0.1) is 5.82 Å². The molecule has 0 saturated carbocycles. The molecule has 0 aromatic carbocycles. The van der Waals surface area contributed by atoms with Crippen LogP contribution in [0.15, 0.2) is 36.8 Å². The lowest BCUT2D eigenvalue weighted by atomic mass is 10.1. The van der Waals surface area contributed by atoms with E-state index in [1.165, 1.54) is 6.07 Å². The van der Waals surface area contributed by atoms with Gasteiger partial charge in [-0.25, -0.2) is 9.82 Å². The molecule has 0 fully saturated rings. The van der Waals surface area contributed by atoms with Crippen LogP contribution in [0.2, 0.25) is 0 Å². The van der Waals surface area contributed by atoms with Crippen molar-refractivity contribution in [1.29, 1.82) is 0 Å². The summed E-state index contributed by atoms with van der Waals surface area (Å²) < 4.78 is 18.3. The van der Waals surface area contributed by atoms with E-state index in [4.69, 9.17) is 10.6 Å². The number of hydrogen-bond donors (Lipinski definition) is 2. The van der Waals surface area contributed by atoms with Gasteiger partial charge < -0.3 is 4.74 Å². The molecule has 3 N–H and O–H groups in total. The molecule has 0 spiro atoms. The highest BCUT2D eigenvalue weighted by atomic mass is 19.1. The lowest BCUT2D eigenvalue weighted by molar-refractivity contribution is 0.338. The Morgan fingerprint density at radius 1 is 1.37 bits per heavy atom. The zero-order valence-electron chi connectivity index (χ0n) is 10.5. The van der Waals surface area contributed by atoms with Crippen molar-refractivity contribution in [3.8, 4) is 5.75 Å². The van der Waals surface area contributed by atoms with Gasteiger partial charge in [-0.05, 0) is 30.7 Å². The summed E-state index contributed by atoms with van der Waals surface area (Å²) in [5.41, 5.74) is 4.05. The van der Waals surface area contributed by atoms with Crippen LogP contribution in [-0.2, 0) is 0 Å². The van der Waals surface area contributed by atoms with E-state index in [1.807, 2.05) is 13.0 Å². The van der Waals surface area contributed by atoms with Crippen LogP contribution in [0.1, 0.15) is 24.2 Å². The summed E-state index contributed by atoms with van der Waals surface area (Å²) in [5.74, 6) is 5.81. The molecule has 6 heteroatoms. The number of nitrogens with two attached hydrogens (primary N) is 1. The summed E-state index contributed by atoms with van der Waals surface area (Å²) >= 11 is 0. The van der Waals surface area contributed by atoms with Crippen molar-refractivity contribution in [2.75, 3.05) is 6.61 Å². The molecule has 0 saturated heterocycles. The molecule has 1 atom stereocenters. The highest BCUT2D eigenvalue weighted by Gasteiger charge is 2.15. The van der Waals surface area contributed by atoms with Gasteiger partial charge in [-0.15, -0.1) is 0 Å². The van der Waals surface area contributed by atoms with Crippen molar-refractivity contribution < 1.29 is 9.13 Å². The number of nitrogens with one attached hydrogen (secondary N) is 1. The van der Waals surface area contributed by atoms with Gasteiger partial charge in [-0.1, -0.05) is 0 Å². The van der Waals surface area contributed by atoms with Gasteiger partial charge in [0.25, 0.3) is 0 Å². The maximum absolute atomic E-state index is 12.9. The molecule has 2 aromatic heterocycles. The number of ether oxygens (including phenoxy) is 1. The molecule has 2 heterocycles. The SMILES string of the molecule is CCOc1cncc(C(NN)c2ccc(F)cn2)c1. The van der Waals surface area contributed by atoms with Crippen LogP contribution < -0.4 is 16.0 Å². The second-order valence-corrected chi connectivity index (χ2v) is 3.89. The van der Waals surface area contributed by atoms with E-state index in [-0.39, 0.29) is 11.9 Å². The van der Waals surface area contributed by atoms with E-state index < -0.39 is 0 Å². The largest absolute Gasteiger partial charge is 0.492 e. The summed E-state index contributed by atoms with van der Waals surface area (Å²) in [4.78, 5) is 8.11. The zero-order valence-corrected chi connectivity index (χ0v) is 10.5. The van der Waals surface area contributed by atoms with Gasteiger partial charge in [-0.3, -0.25) is 15.8 Å². The highest BCUT2D eigenvalue weighted by Crippen LogP contribution is 2.22. The van der Waals surface area contributed by atoms with E-state index in [9.17, 15) is 4.39 Å². The minimum absolute atomic E-state index is 0.367. The number of nitrogens with zero attached hydrogens (tertiary/aromatic N) is 2. The third-order valence-corrected chi connectivity index (χ3v) is 2.59. The predicted molar refractivity (Wildman–Crippen MR) is 68.8 cm³/mol. The molecule has 0 bridgehead atoms. The van der Waals surface area contributed by atoms with Gasteiger partial charge in [0.05, 0.1) is 30.7 Å². The molecule has 1 unspecified atom stereocenters. The Morgan fingerprint density at radius 3 is 2.84 bits per heavy atom. The Labute approximate surface area is 110 Å². The Bertz CT molecular complexity index is 532. The minimum atomic E-state index is -0.388. The third kappa shape index (κ3) is 3.24. The fourth-order valence-corrected chi connectivity index (χ4v) is 1.75. The van der Waals surface area contributed by atoms with E-state index in [1.54, 1.807) is 18.5 Å². The molecule has 100 valence electrons. The van der Waals surface area contributed by atoms with Crippen LogP contribution in [0.5, 0.6) is 5.75 Å². The van der Waals surface area contributed by atoms with Gasteiger partial charge in [0.1, 0.15) is 11.6 Å². The molecular weight excluding hydrogens is 247 g/mol. The molecule has 0 radical (unpaired) electrons. The number of hydrogen-bond acceptors (Lipinski definition) is 5. The van der Waals surface area contributed by atoms with Crippen molar-refractivity contribution in [2.45, 2.75) is 13.0 Å². The fourth-order valence-electron chi connectivity index (χ4n) is 1.75. The van der Waals surface area contributed by atoms with Gasteiger partial charge in [-0.2, -0.15) is 0 Å². The lowest BCUT2D eigenvalue weighted by Gasteiger charge is -2.16. The molecule has 19 heavy (non-hydrogen) atoms. The maximum atomic E-state index is 12.9. The summed E-state index contributed by atoms with van der Waals surface area (Å²) in [6.45, 7) is 2.45. The van der Waals surface area contributed by atoms with E-state index in [0.29, 0.717) is 18.1 Å². The van der Waals surface area contributed by atoms with Crippen LogP contribution >= 0.6 is 0 Å². The molecule has 2 aromatic rings. The number of pyridine rings is 2. The monoisotopic (exact) mass is 262 g/mol. The second kappa shape index (κ2) is 6.21. The zero-order chi connectivity index (χ0) is 13.7. The first-order valence-corrected chi connectivity index (χ1v) is 5.90. The van der Waals surface area contributed by atoms with Gasteiger partial charge >= 0.3 is 0 Å². The molecular formula is C13H15FN4O. The number of hydrazine groups is 1. The van der Waals surface area contributed by atoms with Crippen LogP contribution in [0.25, 0.3) is 0 Å². The van der Waals surface area contributed by atoms with Crippen molar-refractivity contribution in [3.05, 3.63) is 53.9 Å². The molecule has 2 rings (SSSR count). The second-order valence-electron chi connectivity index (χ2n) is 3.89. The standard InChI is InChI=1S/C13H15FN4O/c1-2-19-11-5-9(6-16-8-11)13(18-15)12-4-3-10(14)7-17-12/h3-8,13,18H,2,15H2,1H3. The average Bonchev–Trinajstić information content (AvgIpc) is 2.43. The van der Waals surface area contributed by atoms with E-state index >= 15 is 0 Å². The molecule has 0 amide bonds. The average molecular weight is 262 g/mol. The van der Waals surface area contributed by atoms with Crippen molar-refractivity contribution in [2.24, 2.45) is 5.84 Å². The molecule has 0 aliphatic carbocycles. The van der Waals surface area contributed by atoms with Gasteiger partial charge in [0.2, 0.25) is 0 Å². The summed E-state index contributed by atoms with van der Waals surface area (Å²) in [5, 5.41) is 0. The predicted octanol–water partition coefficient (Wildman–Crippen LogP) is 1.57. The van der Waals surface area contributed by atoms with Gasteiger partial charge in [0, 0.05) is 6.20 Å². The van der Waals surface area contributed by atoms with Crippen molar-refractivity contribution in [1.82, 2.24) is 15.4 Å². The Hall–Kier alpha value is -2.05. The molecule has 0 aliphatic heterocycles. The number of rotatable bonds is 5. The number of halogens is 1. The van der Waals surface area contributed by atoms with E-state index in [2.05, 4.69) is 15.4 Å². The Balaban J connectivity index is 2.30. The summed E-state index contributed by atoms with van der Waals surface area (Å²) in [6, 6.07) is 4.37. The van der Waals surface area contributed by atoms with Crippen LogP contribution in [0.4, 0.5) is 4.39 Å². The Morgan fingerprint density at radius 2 is 2.21 bits per heavy atom. The quantitative estimate of drug-likeness (QED) is 0.632. The topological polar surface area (TPSA) is 73.1 Å². The smallest absolute Gasteiger partial charge is 0.141 e. The fraction of sp³-hybridized carbons (Fsp3) is 0.231. The van der Waals surface area contributed by atoms with E-state index in [0.717, 1.165) is 11.8 Å². The lowest BCUT2D eigenvalue weighted by Crippen LogP contribution is -2.29. The first-order valence-electron chi connectivity index (χ1n) is 5.90. The highest BCUT2D eigenvalue weighted by molar-refractivity contribution is 5.31. The van der Waals surface area contributed by atoms with Crippen molar-refractivity contribution in [3.63, 3.8) is 0 Å². The summed E-state index contributed by atoms with van der Waals surface area (Å²) in [6.07, 6.45) is 4.44. The van der Waals surface area contributed by atoms with Crippen LogP contribution in [-0.4, -0.2) is 16.6 Å². The molecule has 0 aliphatic rings. The summed E-state index contributed by atoms with van der Waals surface area (Å²) in [7, 11) is 0. The third-order valence-electron chi connectivity index (χ3n) is 2.59. The molecule has 5 nitrogen and oxygen atoms in total. The van der Waals surface area contributed by atoms with Crippen LogP contribution in [0.3, 0.4) is 0 Å². The maximum Gasteiger partial charge on any atom is 0.141 e. The normalized spacial score (nSPS) is 12.2. The number of aromatic nitrogens is 2. The minimum Gasteiger partial charge on any atom is -0.492 e. The first kappa shape index (κ1) is 13.4. The Kier molecular flexibility index (Phi) is 4.38.